The third-order valence-electron chi connectivity index (χ3n) is 4.89. The van der Waals surface area contributed by atoms with E-state index in [1.807, 2.05) is 12.1 Å². The van der Waals surface area contributed by atoms with Crippen molar-refractivity contribution in [2.45, 2.75) is 0 Å². The minimum absolute atomic E-state index is 0.913. The lowest BCUT2D eigenvalue weighted by molar-refractivity contribution is 1.62. The maximum Gasteiger partial charge on any atom is 0.0243 e. The summed E-state index contributed by atoms with van der Waals surface area (Å²) in [4.78, 5) is 0. The Bertz CT molecular complexity index is 1220. The molecule has 5 aromatic carbocycles. The molecule has 0 radical (unpaired) electrons. The molecule has 0 aliphatic carbocycles. The first kappa shape index (κ1) is 13.2. The molecule has 0 nitrogen and oxygen atoms in total. The summed E-state index contributed by atoms with van der Waals surface area (Å²) in [5, 5.41) is 7.89. The third-order valence-corrected chi connectivity index (χ3v) is 4.89. The zero-order valence-electron chi connectivity index (χ0n) is 13.1. The molecule has 0 saturated heterocycles. The number of hydrogen-bond acceptors (Lipinski definition) is 0. The first-order valence-corrected chi connectivity index (χ1v) is 8.09. The normalized spacial score (nSPS) is 11.3. The zero-order chi connectivity index (χ0) is 16.1. The second-order valence-corrected chi connectivity index (χ2v) is 6.19. The van der Waals surface area contributed by atoms with E-state index in [1.54, 1.807) is 0 Å². The first-order valence-electron chi connectivity index (χ1n) is 8.09. The highest BCUT2D eigenvalue weighted by Crippen LogP contribution is 2.39. The summed E-state index contributed by atoms with van der Waals surface area (Å²) in [5.74, 6) is 2.68. The highest BCUT2D eigenvalue weighted by atomic mass is 14.1. The van der Waals surface area contributed by atoms with E-state index < -0.39 is 0 Å². The Hall–Kier alpha value is -3.30. The van der Waals surface area contributed by atoms with Crippen LogP contribution in [0.4, 0.5) is 0 Å². The van der Waals surface area contributed by atoms with Gasteiger partial charge in [-0.25, -0.2) is 0 Å². The van der Waals surface area contributed by atoms with Gasteiger partial charge in [0.1, 0.15) is 0 Å². The molecule has 5 aromatic rings. The fraction of sp³-hybridized carbons (Fsp3) is 0. The summed E-state index contributed by atoms with van der Waals surface area (Å²) >= 11 is 0. The molecule has 0 amide bonds. The molecule has 0 atom stereocenters. The largest absolute Gasteiger partial charge is 0.115 e. The van der Waals surface area contributed by atoms with Gasteiger partial charge in [0.15, 0.2) is 0 Å². The Morgan fingerprint density at radius 2 is 1.21 bits per heavy atom. The molecular formula is C24H14. The van der Waals surface area contributed by atoms with E-state index in [2.05, 4.69) is 72.7 Å². The van der Waals surface area contributed by atoms with Crippen LogP contribution in [0.15, 0.2) is 78.9 Å². The molecule has 24 heavy (non-hydrogen) atoms. The third kappa shape index (κ3) is 1.76. The van der Waals surface area contributed by atoms with E-state index >= 15 is 0 Å². The van der Waals surface area contributed by atoms with Gasteiger partial charge in [-0.2, -0.15) is 0 Å². The van der Waals surface area contributed by atoms with E-state index in [0.717, 1.165) is 5.56 Å². The van der Waals surface area contributed by atoms with Crippen LogP contribution in [0.2, 0.25) is 0 Å². The van der Waals surface area contributed by atoms with Crippen LogP contribution in [0.1, 0.15) is 5.56 Å². The monoisotopic (exact) mass is 302 g/mol. The number of benzene rings is 5. The molecule has 0 saturated carbocycles. The van der Waals surface area contributed by atoms with Gasteiger partial charge in [0.25, 0.3) is 0 Å². The molecule has 0 spiro atoms. The molecule has 0 heterocycles. The summed E-state index contributed by atoms with van der Waals surface area (Å²) < 4.78 is 0. The second kappa shape index (κ2) is 4.85. The van der Waals surface area contributed by atoms with Gasteiger partial charge < -0.3 is 0 Å². The van der Waals surface area contributed by atoms with Crippen LogP contribution in [0.5, 0.6) is 0 Å². The summed E-state index contributed by atoms with van der Waals surface area (Å²) in [6.07, 6.45) is 5.48. The Morgan fingerprint density at radius 1 is 0.583 bits per heavy atom. The molecule has 0 aliphatic rings. The summed E-state index contributed by atoms with van der Waals surface area (Å²) in [7, 11) is 0. The zero-order valence-corrected chi connectivity index (χ0v) is 13.1. The van der Waals surface area contributed by atoms with Crippen LogP contribution < -0.4 is 0 Å². The fourth-order valence-corrected chi connectivity index (χ4v) is 3.73. The molecule has 0 unspecified atom stereocenters. The topological polar surface area (TPSA) is 0 Å². The van der Waals surface area contributed by atoms with Gasteiger partial charge in [-0.15, -0.1) is 6.42 Å². The molecule has 0 aromatic heterocycles. The van der Waals surface area contributed by atoms with Crippen LogP contribution in [0.3, 0.4) is 0 Å². The van der Waals surface area contributed by atoms with Crippen LogP contribution in [0, 0.1) is 12.3 Å². The summed E-state index contributed by atoms with van der Waals surface area (Å²) in [5.41, 5.74) is 3.37. The van der Waals surface area contributed by atoms with Gasteiger partial charge in [0, 0.05) is 5.56 Å². The quantitative estimate of drug-likeness (QED) is 0.254. The fourth-order valence-electron chi connectivity index (χ4n) is 3.73. The van der Waals surface area contributed by atoms with Gasteiger partial charge in [0.05, 0.1) is 0 Å². The lowest BCUT2D eigenvalue weighted by atomic mass is 9.90. The minimum Gasteiger partial charge on any atom is -0.115 e. The molecule has 0 fully saturated rings. The predicted molar refractivity (Wildman–Crippen MR) is 104 cm³/mol. The first-order chi connectivity index (χ1) is 11.8. The second-order valence-electron chi connectivity index (χ2n) is 6.19. The standard InChI is InChI=1S/C24H14/c1-2-16-6-8-17(9-7-16)21-14-12-20-11-10-18-4-3-5-19-13-15-22(21)24(20)23(18)19/h1,3-15H. The Balaban J connectivity index is 1.91. The molecule has 0 N–H and O–H groups in total. The van der Waals surface area contributed by atoms with E-state index in [1.165, 1.54) is 43.4 Å². The lowest BCUT2D eigenvalue weighted by Gasteiger charge is -2.14. The predicted octanol–water partition coefficient (Wildman–Crippen LogP) is 6.23. The summed E-state index contributed by atoms with van der Waals surface area (Å²) in [6, 6.07) is 28.1. The number of hydrogen-bond donors (Lipinski definition) is 0. The van der Waals surface area contributed by atoms with E-state index in [9.17, 15) is 0 Å². The van der Waals surface area contributed by atoms with E-state index in [0.29, 0.717) is 0 Å². The average Bonchev–Trinajstić information content (AvgIpc) is 2.66. The van der Waals surface area contributed by atoms with E-state index in [4.69, 9.17) is 6.42 Å². The highest BCUT2D eigenvalue weighted by Gasteiger charge is 2.11. The van der Waals surface area contributed by atoms with Crippen molar-refractivity contribution in [3.63, 3.8) is 0 Å². The average molecular weight is 302 g/mol. The van der Waals surface area contributed by atoms with Gasteiger partial charge in [-0.3, -0.25) is 0 Å². The van der Waals surface area contributed by atoms with Crippen molar-refractivity contribution < 1.29 is 0 Å². The van der Waals surface area contributed by atoms with Crippen molar-refractivity contribution in [1.82, 2.24) is 0 Å². The maximum atomic E-state index is 5.48. The number of rotatable bonds is 1. The van der Waals surface area contributed by atoms with Crippen LogP contribution >= 0.6 is 0 Å². The Kier molecular flexibility index (Phi) is 2.66. The molecule has 0 aliphatic heterocycles. The molecule has 5 rings (SSSR count). The highest BCUT2D eigenvalue weighted by molar-refractivity contribution is 6.25. The van der Waals surface area contributed by atoms with Gasteiger partial charge in [-0.1, -0.05) is 72.7 Å². The number of terminal acetylenes is 1. The van der Waals surface area contributed by atoms with Crippen LogP contribution in [-0.4, -0.2) is 0 Å². The van der Waals surface area contributed by atoms with Crippen LogP contribution in [-0.2, 0) is 0 Å². The minimum atomic E-state index is 0.913. The van der Waals surface area contributed by atoms with Crippen molar-refractivity contribution in [1.29, 1.82) is 0 Å². The van der Waals surface area contributed by atoms with E-state index in [-0.39, 0.29) is 0 Å². The van der Waals surface area contributed by atoms with Crippen molar-refractivity contribution in [2.75, 3.05) is 0 Å². The van der Waals surface area contributed by atoms with Crippen LogP contribution in [0.25, 0.3) is 43.4 Å². The van der Waals surface area contributed by atoms with Gasteiger partial charge >= 0.3 is 0 Å². The SMILES string of the molecule is C#Cc1ccc(-c2ccc3ccc4cccc5ccc2c3c45)cc1. The smallest absolute Gasteiger partial charge is 0.0243 e. The van der Waals surface area contributed by atoms with Crippen molar-refractivity contribution >= 4 is 32.3 Å². The lowest BCUT2D eigenvalue weighted by Crippen LogP contribution is -1.87. The van der Waals surface area contributed by atoms with Gasteiger partial charge in [-0.05, 0) is 55.6 Å². The summed E-state index contributed by atoms with van der Waals surface area (Å²) in [6.45, 7) is 0. The molecular weight excluding hydrogens is 288 g/mol. The van der Waals surface area contributed by atoms with Gasteiger partial charge in [0.2, 0.25) is 0 Å². The molecule has 0 bridgehead atoms. The van der Waals surface area contributed by atoms with Crippen molar-refractivity contribution in [3.8, 4) is 23.5 Å². The maximum absolute atomic E-state index is 5.48. The Morgan fingerprint density at radius 3 is 1.92 bits per heavy atom. The molecule has 110 valence electrons. The molecule has 0 heteroatoms. The van der Waals surface area contributed by atoms with Crippen molar-refractivity contribution in [3.05, 3.63) is 84.4 Å². The van der Waals surface area contributed by atoms with Crippen molar-refractivity contribution in [2.24, 2.45) is 0 Å². The Labute approximate surface area is 140 Å².